The van der Waals surface area contributed by atoms with Crippen molar-refractivity contribution in [1.29, 1.82) is 0 Å². The van der Waals surface area contributed by atoms with Crippen LogP contribution in [0, 0.1) is 0 Å². The molecule has 1 fully saturated rings. The van der Waals surface area contributed by atoms with Gasteiger partial charge in [-0.05, 0) is 45.7 Å². The zero-order valence-corrected chi connectivity index (χ0v) is 15.9. The number of carbonyl (C=O) groups excluding carboxylic acids is 1. The lowest BCUT2D eigenvalue weighted by Crippen LogP contribution is -2.50. The molecular weight excluding hydrogens is 363 g/mol. The minimum Gasteiger partial charge on any atom is -0.444 e. The van der Waals surface area contributed by atoms with Gasteiger partial charge in [0.05, 0.1) is 5.54 Å². The predicted octanol–water partition coefficient (Wildman–Crippen LogP) is 2.96. The Morgan fingerprint density at radius 3 is 2.52 bits per heavy atom. The maximum absolute atomic E-state index is 13.8. The van der Waals surface area contributed by atoms with Crippen LogP contribution in [0.15, 0.2) is 18.3 Å². The number of halogens is 3. The molecule has 0 unspecified atom stereocenters. The summed E-state index contributed by atoms with van der Waals surface area (Å²) < 4.78 is 46.5. The second-order valence-electron chi connectivity index (χ2n) is 7.97. The maximum Gasteiger partial charge on any atom is 0.408 e. The molecule has 1 aromatic heterocycles. The molecule has 0 aromatic carbocycles. The van der Waals surface area contributed by atoms with Crippen molar-refractivity contribution >= 4 is 11.9 Å². The minimum absolute atomic E-state index is 0.0167. The first-order valence-electron chi connectivity index (χ1n) is 8.57. The highest BCUT2D eigenvalue weighted by molar-refractivity contribution is 5.68. The van der Waals surface area contributed by atoms with Crippen molar-refractivity contribution in [3.8, 4) is 0 Å². The van der Waals surface area contributed by atoms with E-state index < -0.39 is 29.5 Å². The van der Waals surface area contributed by atoms with Crippen LogP contribution in [-0.2, 0) is 4.74 Å². The Balaban J connectivity index is 2.15. The number of hydrazine groups is 1. The van der Waals surface area contributed by atoms with E-state index in [0.29, 0.717) is 6.42 Å². The third-order valence-electron chi connectivity index (χ3n) is 4.23. The monoisotopic (exact) mass is 389 g/mol. The molecule has 1 aliphatic heterocycles. The number of carbonyl (C=O) groups is 1. The van der Waals surface area contributed by atoms with Gasteiger partial charge in [-0.1, -0.05) is 6.07 Å². The lowest BCUT2D eigenvalue weighted by atomic mass is 10.0. The van der Waals surface area contributed by atoms with Crippen molar-refractivity contribution < 1.29 is 22.7 Å². The number of alkyl carbamates (subject to hydrolysis) is 1. The number of nitrogen functional groups attached to an aromatic ring is 1. The number of nitrogens with one attached hydrogen (secondary N) is 2. The zero-order chi connectivity index (χ0) is 20.5. The molecule has 2 rings (SSSR count). The number of pyridine rings is 1. The van der Waals surface area contributed by atoms with Crippen LogP contribution in [-0.4, -0.2) is 46.4 Å². The SMILES string of the molecule is CC(C)(C)OC(=O)N[C@@]1(C)CCN([C@H](c2ccc(NN)nc2)C(F)(F)F)C1. The van der Waals surface area contributed by atoms with Crippen molar-refractivity contribution in [2.45, 2.75) is 57.5 Å². The molecule has 1 aliphatic rings. The van der Waals surface area contributed by atoms with Gasteiger partial charge in [0.2, 0.25) is 0 Å². The Hall–Kier alpha value is -2.07. The van der Waals surface area contributed by atoms with Gasteiger partial charge in [-0.2, -0.15) is 13.2 Å². The summed E-state index contributed by atoms with van der Waals surface area (Å²) in [5.74, 6) is 5.49. The van der Waals surface area contributed by atoms with Crippen LogP contribution in [0.25, 0.3) is 0 Å². The highest BCUT2D eigenvalue weighted by atomic mass is 19.4. The molecule has 2 atom stereocenters. The van der Waals surface area contributed by atoms with Crippen molar-refractivity contribution in [3.63, 3.8) is 0 Å². The number of ether oxygens (including phenoxy) is 1. The number of hydrogen-bond donors (Lipinski definition) is 3. The van der Waals surface area contributed by atoms with Gasteiger partial charge >= 0.3 is 12.3 Å². The summed E-state index contributed by atoms with van der Waals surface area (Å²) in [5.41, 5.74) is 0.800. The molecule has 4 N–H and O–H groups in total. The van der Waals surface area contributed by atoms with Crippen LogP contribution >= 0.6 is 0 Å². The number of nitrogens with two attached hydrogens (primary N) is 1. The summed E-state index contributed by atoms with van der Waals surface area (Å²) >= 11 is 0. The Kier molecular flexibility index (Phi) is 5.91. The average Bonchev–Trinajstić information content (AvgIpc) is 2.85. The molecule has 1 saturated heterocycles. The van der Waals surface area contributed by atoms with Crippen molar-refractivity contribution in [2.24, 2.45) is 5.84 Å². The molecule has 1 amide bonds. The smallest absolute Gasteiger partial charge is 0.408 e. The van der Waals surface area contributed by atoms with Gasteiger partial charge in [0.1, 0.15) is 17.5 Å². The van der Waals surface area contributed by atoms with Crippen molar-refractivity contribution in [2.75, 3.05) is 18.5 Å². The molecular formula is C17H26F3N5O2. The molecule has 27 heavy (non-hydrogen) atoms. The van der Waals surface area contributed by atoms with Crippen LogP contribution < -0.4 is 16.6 Å². The summed E-state index contributed by atoms with van der Waals surface area (Å²) in [6.45, 7) is 7.10. The Morgan fingerprint density at radius 2 is 2.04 bits per heavy atom. The first kappa shape index (κ1) is 21.2. The van der Waals surface area contributed by atoms with E-state index in [1.165, 1.54) is 17.0 Å². The molecule has 0 spiro atoms. The number of hydrogen-bond acceptors (Lipinski definition) is 6. The summed E-state index contributed by atoms with van der Waals surface area (Å²) in [6.07, 6.45) is -3.61. The van der Waals surface area contributed by atoms with Crippen LogP contribution in [0.3, 0.4) is 0 Å². The topological polar surface area (TPSA) is 92.5 Å². The van der Waals surface area contributed by atoms with Gasteiger partial charge in [0.25, 0.3) is 0 Å². The normalized spacial score (nSPS) is 22.4. The molecule has 0 radical (unpaired) electrons. The first-order chi connectivity index (χ1) is 12.3. The maximum atomic E-state index is 13.8. The van der Waals surface area contributed by atoms with Gasteiger partial charge < -0.3 is 15.5 Å². The van der Waals surface area contributed by atoms with E-state index in [1.807, 2.05) is 0 Å². The zero-order valence-electron chi connectivity index (χ0n) is 15.9. The molecule has 0 aliphatic carbocycles. The fourth-order valence-corrected chi connectivity index (χ4v) is 3.13. The Bertz CT molecular complexity index is 660. The van der Waals surface area contributed by atoms with Gasteiger partial charge in [0, 0.05) is 19.3 Å². The summed E-state index contributed by atoms with van der Waals surface area (Å²) in [6, 6.07) is 0.915. The number of amides is 1. The number of nitrogens with zero attached hydrogens (tertiary/aromatic N) is 2. The first-order valence-corrected chi connectivity index (χ1v) is 8.57. The minimum atomic E-state index is -4.49. The van der Waals surface area contributed by atoms with Gasteiger partial charge in [-0.15, -0.1) is 0 Å². The summed E-state index contributed by atoms with van der Waals surface area (Å²) in [5, 5.41) is 2.71. The summed E-state index contributed by atoms with van der Waals surface area (Å²) in [7, 11) is 0. The number of aromatic nitrogens is 1. The molecule has 7 nitrogen and oxygen atoms in total. The Morgan fingerprint density at radius 1 is 1.37 bits per heavy atom. The largest absolute Gasteiger partial charge is 0.444 e. The quantitative estimate of drug-likeness (QED) is 0.542. The molecule has 1 aromatic rings. The lowest BCUT2D eigenvalue weighted by molar-refractivity contribution is -0.184. The van der Waals surface area contributed by atoms with Crippen LogP contribution in [0.2, 0.25) is 0 Å². The third-order valence-corrected chi connectivity index (χ3v) is 4.23. The highest BCUT2D eigenvalue weighted by Crippen LogP contribution is 2.41. The number of anilines is 1. The molecule has 10 heteroatoms. The number of alkyl halides is 3. The highest BCUT2D eigenvalue weighted by Gasteiger charge is 2.49. The van der Waals surface area contributed by atoms with Crippen molar-refractivity contribution in [1.82, 2.24) is 15.2 Å². The second-order valence-corrected chi connectivity index (χ2v) is 7.97. The third kappa shape index (κ3) is 5.70. The predicted molar refractivity (Wildman–Crippen MR) is 94.8 cm³/mol. The van der Waals surface area contributed by atoms with E-state index in [0.717, 1.165) is 6.20 Å². The van der Waals surface area contributed by atoms with Crippen LogP contribution in [0.4, 0.5) is 23.8 Å². The summed E-state index contributed by atoms with van der Waals surface area (Å²) in [4.78, 5) is 17.2. The average molecular weight is 389 g/mol. The van der Waals surface area contributed by atoms with Crippen molar-refractivity contribution in [3.05, 3.63) is 23.9 Å². The van der Waals surface area contributed by atoms with E-state index in [9.17, 15) is 18.0 Å². The molecule has 0 saturated carbocycles. The van der Waals surface area contributed by atoms with E-state index in [2.05, 4.69) is 15.7 Å². The van der Waals surface area contributed by atoms with E-state index >= 15 is 0 Å². The molecule has 0 bridgehead atoms. The fourth-order valence-electron chi connectivity index (χ4n) is 3.13. The number of rotatable bonds is 4. The molecule has 2 heterocycles. The van der Waals surface area contributed by atoms with E-state index in [-0.39, 0.29) is 24.5 Å². The molecule has 152 valence electrons. The fraction of sp³-hybridized carbons (Fsp3) is 0.647. The van der Waals surface area contributed by atoms with E-state index in [1.54, 1.807) is 27.7 Å². The van der Waals surface area contributed by atoms with Gasteiger partial charge in [-0.3, -0.25) is 4.90 Å². The van der Waals surface area contributed by atoms with Gasteiger partial charge in [0.15, 0.2) is 0 Å². The standard InChI is InChI=1S/C17H26F3N5O2/c1-15(2,3)27-14(26)23-16(4)7-8-25(10-16)13(17(18,19)20)11-5-6-12(24-21)22-9-11/h5-6,9,13H,7-8,10,21H2,1-4H3,(H,22,24)(H,23,26)/t13-,16+/m1/s1. The number of likely N-dealkylation sites (tertiary alicyclic amines) is 1. The Labute approximate surface area is 156 Å². The van der Waals surface area contributed by atoms with Crippen LogP contribution in [0.5, 0.6) is 0 Å². The van der Waals surface area contributed by atoms with Crippen LogP contribution in [0.1, 0.15) is 45.7 Å². The van der Waals surface area contributed by atoms with Gasteiger partial charge in [-0.25, -0.2) is 15.6 Å². The van der Waals surface area contributed by atoms with E-state index in [4.69, 9.17) is 10.6 Å². The second kappa shape index (κ2) is 7.51. The lowest BCUT2D eigenvalue weighted by Gasteiger charge is -2.32.